The molecule has 3 aliphatic heterocycles. The van der Waals surface area contributed by atoms with Gasteiger partial charge in [0, 0.05) is 23.4 Å². The van der Waals surface area contributed by atoms with Crippen molar-refractivity contribution in [3.8, 4) is 5.75 Å². The van der Waals surface area contributed by atoms with Gasteiger partial charge < -0.3 is 10.1 Å². The Balaban J connectivity index is 1.67. The van der Waals surface area contributed by atoms with Crippen LogP contribution >= 0.6 is 0 Å². The Hall–Kier alpha value is -3.79. The summed E-state index contributed by atoms with van der Waals surface area (Å²) < 4.78 is 5.29. The summed E-state index contributed by atoms with van der Waals surface area (Å²) in [5.74, 6) is -3.15. The highest BCUT2D eigenvalue weighted by molar-refractivity contribution is 6.26. The Labute approximate surface area is 189 Å². The molecule has 2 aromatic carbocycles. The predicted molar refractivity (Wildman–Crippen MR) is 118 cm³/mol. The average Bonchev–Trinajstić information content (AvgIpc) is 3.38. The summed E-state index contributed by atoms with van der Waals surface area (Å²) >= 11 is 0. The number of hydrogen-bond donors (Lipinski definition) is 2. The molecule has 0 aliphatic carbocycles. The molecule has 4 atom stereocenters. The van der Waals surface area contributed by atoms with Crippen LogP contribution in [0.1, 0.15) is 19.4 Å². The first-order chi connectivity index (χ1) is 15.7. The number of carbonyl (C=O) groups excluding carboxylic acids is 3. The van der Waals surface area contributed by atoms with Crippen molar-refractivity contribution in [2.24, 2.45) is 17.8 Å². The zero-order chi connectivity index (χ0) is 23.7. The molecule has 2 saturated heterocycles. The summed E-state index contributed by atoms with van der Waals surface area (Å²) in [5, 5.41) is 17.4. The number of ether oxygens (including phenoxy) is 1. The van der Waals surface area contributed by atoms with Gasteiger partial charge in [-0.25, -0.2) is 4.90 Å². The summed E-state index contributed by atoms with van der Waals surface area (Å²) in [4.78, 5) is 52.5. The van der Waals surface area contributed by atoms with E-state index in [1.807, 2.05) is 13.8 Å². The molecule has 10 nitrogen and oxygen atoms in total. The van der Waals surface area contributed by atoms with E-state index >= 15 is 0 Å². The summed E-state index contributed by atoms with van der Waals surface area (Å²) in [6.07, 6.45) is 0. The molecule has 1 spiro atoms. The maximum absolute atomic E-state index is 13.9. The lowest BCUT2D eigenvalue weighted by Gasteiger charge is -2.30. The number of nitrogens with one attached hydrogen (secondary N) is 2. The van der Waals surface area contributed by atoms with Crippen LogP contribution in [0.15, 0.2) is 42.5 Å². The van der Waals surface area contributed by atoms with E-state index in [9.17, 15) is 24.5 Å². The Bertz CT molecular complexity index is 1230. The SMILES string of the molecule is COc1cc([N+](=O)[O-])ccc1N1C(=O)[C@@H]2[C@H](C(C)C)N[C@@]3(C(=O)Nc4ccccc43)[C@H]2C1=O. The van der Waals surface area contributed by atoms with Gasteiger partial charge in [0.05, 0.1) is 35.6 Å². The van der Waals surface area contributed by atoms with Gasteiger partial charge in [-0.05, 0) is 18.1 Å². The fourth-order valence-electron chi connectivity index (χ4n) is 5.47. The van der Waals surface area contributed by atoms with E-state index in [1.165, 1.54) is 25.3 Å². The van der Waals surface area contributed by atoms with Crippen LogP contribution in [0, 0.1) is 27.9 Å². The van der Waals surface area contributed by atoms with Crippen molar-refractivity contribution in [2.75, 3.05) is 17.3 Å². The zero-order valence-electron chi connectivity index (χ0n) is 18.2. The van der Waals surface area contributed by atoms with Crippen molar-refractivity contribution in [3.05, 3.63) is 58.1 Å². The summed E-state index contributed by atoms with van der Waals surface area (Å²) in [7, 11) is 1.31. The molecule has 5 rings (SSSR count). The fraction of sp³-hybridized carbons (Fsp3) is 0.348. The quantitative estimate of drug-likeness (QED) is 0.415. The first kappa shape index (κ1) is 21.1. The van der Waals surface area contributed by atoms with E-state index in [2.05, 4.69) is 10.6 Å². The molecule has 33 heavy (non-hydrogen) atoms. The van der Waals surface area contributed by atoms with Crippen LogP contribution in [0.2, 0.25) is 0 Å². The van der Waals surface area contributed by atoms with Crippen molar-refractivity contribution >= 4 is 34.8 Å². The highest BCUT2D eigenvalue weighted by atomic mass is 16.6. The molecular weight excluding hydrogens is 428 g/mol. The first-order valence-electron chi connectivity index (χ1n) is 10.6. The maximum atomic E-state index is 13.9. The zero-order valence-corrected chi connectivity index (χ0v) is 18.2. The third-order valence-corrected chi connectivity index (χ3v) is 6.89. The number of para-hydroxylation sites is 1. The number of fused-ring (bicyclic) bond motifs is 4. The van der Waals surface area contributed by atoms with Gasteiger partial charge in [0.25, 0.3) is 5.69 Å². The number of nitro benzene ring substituents is 1. The lowest BCUT2D eigenvalue weighted by atomic mass is 9.76. The minimum atomic E-state index is -1.38. The topological polar surface area (TPSA) is 131 Å². The second kappa shape index (κ2) is 7.11. The van der Waals surface area contributed by atoms with Crippen LogP contribution < -0.4 is 20.3 Å². The van der Waals surface area contributed by atoms with Gasteiger partial charge in [-0.1, -0.05) is 32.0 Å². The molecule has 3 aliphatic rings. The third kappa shape index (κ3) is 2.67. The van der Waals surface area contributed by atoms with Crippen LogP contribution in [0.25, 0.3) is 0 Å². The number of non-ortho nitro benzene ring substituents is 1. The molecule has 0 saturated carbocycles. The molecule has 2 aromatic rings. The second-order valence-corrected chi connectivity index (χ2v) is 8.85. The number of hydrogen-bond acceptors (Lipinski definition) is 7. The molecule has 0 radical (unpaired) electrons. The van der Waals surface area contributed by atoms with Gasteiger partial charge in [-0.2, -0.15) is 0 Å². The lowest BCUT2D eigenvalue weighted by Crippen LogP contribution is -2.54. The Morgan fingerprint density at radius 3 is 2.52 bits per heavy atom. The first-order valence-corrected chi connectivity index (χ1v) is 10.6. The summed E-state index contributed by atoms with van der Waals surface area (Å²) in [6, 6.07) is 10.4. The third-order valence-electron chi connectivity index (χ3n) is 6.89. The van der Waals surface area contributed by atoms with Gasteiger partial charge in [0.2, 0.25) is 17.7 Å². The van der Waals surface area contributed by atoms with E-state index < -0.39 is 40.2 Å². The van der Waals surface area contributed by atoms with Crippen LogP contribution in [0.4, 0.5) is 17.1 Å². The minimum absolute atomic E-state index is 0.0326. The number of benzene rings is 2. The van der Waals surface area contributed by atoms with Crippen LogP contribution in [-0.2, 0) is 19.9 Å². The summed E-state index contributed by atoms with van der Waals surface area (Å²) in [6.45, 7) is 3.86. The van der Waals surface area contributed by atoms with Crippen molar-refractivity contribution in [2.45, 2.75) is 25.4 Å². The predicted octanol–water partition coefficient (Wildman–Crippen LogP) is 2.18. The number of anilines is 2. The molecule has 2 N–H and O–H groups in total. The van der Waals surface area contributed by atoms with Crippen LogP contribution in [0.3, 0.4) is 0 Å². The van der Waals surface area contributed by atoms with Gasteiger partial charge in [-0.3, -0.25) is 29.8 Å². The summed E-state index contributed by atoms with van der Waals surface area (Å²) in [5.41, 5.74) is -0.253. The van der Waals surface area contributed by atoms with Gasteiger partial charge in [0.15, 0.2) is 0 Å². The second-order valence-electron chi connectivity index (χ2n) is 8.85. The highest BCUT2D eigenvalue weighted by Crippen LogP contribution is 2.55. The largest absolute Gasteiger partial charge is 0.494 e. The lowest BCUT2D eigenvalue weighted by molar-refractivity contribution is -0.384. The molecule has 0 bridgehead atoms. The number of carbonyl (C=O) groups is 3. The molecule has 0 unspecified atom stereocenters. The van der Waals surface area contributed by atoms with Crippen molar-refractivity contribution in [1.82, 2.24) is 5.32 Å². The number of nitro groups is 1. The van der Waals surface area contributed by atoms with E-state index in [-0.39, 0.29) is 28.9 Å². The smallest absolute Gasteiger partial charge is 0.273 e. The number of imide groups is 1. The molecule has 3 amide bonds. The number of methoxy groups -OCH3 is 1. The van der Waals surface area contributed by atoms with Crippen LogP contribution in [-0.4, -0.2) is 35.8 Å². The Morgan fingerprint density at radius 2 is 1.85 bits per heavy atom. The fourth-order valence-corrected chi connectivity index (χ4v) is 5.47. The van der Waals surface area contributed by atoms with Crippen molar-refractivity contribution < 1.29 is 24.0 Å². The van der Waals surface area contributed by atoms with E-state index in [0.29, 0.717) is 11.3 Å². The molecule has 3 heterocycles. The van der Waals surface area contributed by atoms with E-state index in [0.717, 1.165) is 4.90 Å². The van der Waals surface area contributed by atoms with Crippen molar-refractivity contribution in [1.29, 1.82) is 0 Å². The normalized spacial score (nSPS) is 27.8. The highest BCUT2D eigenvalue weighted by Gasteiger charge is 2.71. The standard InChI is InChI=1S/C23H22N4O6/c1-11(2)19-17-18(23(25-19)13-6-4-5-7-14(13)24-22(23)30)21(29)26(20(17)28)15-9-8-12(27(31)32)10-16(15)33-3/h4-11,17-19,25H,1-3H3,(H,24,30)/t17-,18+,19-,23+/m0/s1. The van der Waals surface area contributed by atoms with Crippen molar-refractivity contribution in [3.63, 3.8) is 0 Å². The molecule has 0 aromatic heterocycles. The maximum Gasteiger partial charge on any atom is 0.273 e. The minimum Gasteiger partial charge on any atom is -0.494 e. The number of nitrogens with zero attached hydrogens (tertiary/aromatic N) is 2. The Morgan fingerprint density at radius 1 is 1.12 bits per heavy atom. The molecular formula is C23H22N4O6. The van der Waals surface area contributed by atoms with E-state index in [1.54, 1.807) is 24.3 Å². The molecule has 170 valence electrons. The average molecular weight is 450 g/mol. The van der Waals surface area contributed by atoms with Gasteiger partial charge in [-0.15, -0.1) is 0 Å². The van der Waals surface area contributed by atoms with Crippen LogP contribution in [0.5, 0.6) is 5.75 Å². The molecule has 10 heteroatoms. The monoisotopic (exact) mass is 450 g/mol. The van der Waals surface area contributed by atoms with E-state index in [4.69, 9.17) is 4.74 Å². The number of rotatable bonds is 4. The van der Waals surface area contributed by atoms with Gasteiger partial charge in [0.1, 0.15) is 11.3 Å². The molecule has 2 fully saturated rings. The Kier molecular flexibility index (Phi) is 4.54. The number of amides is 3. The van der Waals surface area contributed by atoms with Gasteiger partial charge >= 0.3 is 0 Å².